The first-order chi connectivity index (χ1) is 7.88. The Morgan fingerprint density at radius 2 is 2.24 bits per heavy atom. The smallest absolute Gasteiger partial charge is 0.373 e. The summed E-state index contributed by atoms with van der Waals surface area (Å²) in [6, 6.07) is -0.520. The van der Waals surface area contributed by atoms with Gasteiger partial charge in [-0.1, -0.05) is 0 Å². The zero-order valence-corrected chi connectivity index (χ0v) is 10.0. The summed E-state index contributed by atoms with van der Waals surface area (Å²) in [5, 5.41) is -0.853. The van der Waals surface area contributed by atoms with E-state index < -0.39 is 17.2 Å². The van der Waals surface area contributed by atoms with E-state index in [1.807, 2.05) is 6.92 Å². The SMILES string of the molecule is CC1CCC(C(N)c2cnc(C(F)(F)F)s2)O1. The van der Waals surface area contributed by atoms with Crippen molar-refractivity contribution < 1.29 is 17.9 Å². The van der Waals surface area contributed by atoms with Crippen LogP contribution in [0, 0.1) is 0 Å². The summed E-state index contributed by atoms with van der Waals surface area (Å²) < 4.78 is 42.7. The monoisotopic (exact) mass is 266 g/mol. The minimum absolute atomic E-state index is 0.126. The topological polar surface area (TPSA) is 48.1 Å². The molecule has 1 aliphatic rings. The number of alkyl halides is 3. The molecule has 0 saturated carbocycles. The van der Waals surface area contributed by atoms with Crippen molar-refractivity contribution in [2.24, 2.45) is 5.73 Å². The molecule has 2 N–H and O–H groups in total. The molecule has 2 heterocycles. The van der Waals surface area contributed by atoms with Crippen LogP contribution in [-0.2, 0) is 10.9 Å². The van der Waals surface area contributed by atoms with Crippen molar-refractivity contribution in [1.82, 2.24) is 4.98 Å². The summed E-state index contributed by atoms with van der Waals surface area (Å²) in [6.45, 7) is 1.93. The Kier molecular flexibility index (Phi) is 3.42. The predicted molar refractivity (Wildman–Crippen MR) is 57.6 cm³/mol. The van der Waals surface area contributed by atoms with Gasteiger partial charge in [-0.15, -0.1) is 11.3 Å². The molecule has 3 atom stereocenters. The highest BCUT2D eigenvalue weighted by Gasteiger charge is 2.36. The fourth-order valence-corrected chi connectivity index (χ4v) is 2.69. The Morgan fingerprint density at radius 1 is 1.53 bits per heavy atom. The summed E-state index contributed by atoms with van der Waals surface area (Å²) in [5.74, 6) is 0. The summed E-state index contributed by atoms with van der Waals surface area (Å²) in [6.07, 6.45) is -1.60. The molecule has 0 amide bonds. The van der Waals surface area contributed by atoms with Crippen LogP contribution in [-0.4, -0.2) is 17.2 Å². The van der Waals surface area contributed by atoms with Gasteiger partial charge in [0.15, 0.2) is 5.01 Å². The normalized spacial score (nSPS) is 27.4. The molecule has 0 bridgehead atoms. The quantitative estimate of drug-likeness (QED) is 0.895. The van der Waals surface area contributed by atoms with Gasteiger partial charge in [-0.05, 0) is 19.8 Å². The largest absolute Gasteiger partial charge is 0.443 e. The summed E-state index contributed by atoms with van der Waals surface area (Å²) in [4.78, 5) is 3.78. The van der Waals surface area contributed by atoms with E-state index in [1.165, 1.54) is 6.20 Å². The molecule has 96 valence electrons. The lowest BCUT2D eigenvalue weighted by Gasteiger charge is -2.17. The van der Waals surface area contributed by atoms with Crippen LogP contribution in [0.4, 0.5) is 13.2 Å². The molecule has 17 heavy (non-hydrogen) atoms. The van der Waals surface area contributed by atoms with E-state index in [-0.39, 0.29) is 12.2 Å². The molecule has 0 aromatic carbocycles. The number of hydrogen-bond donors (Lipinski definition) is 1. The van der Waals surface area contributed by atoms with Crippen LogP contribution < -0.4 is 5.73 Å². The van der Waals surface area contributed by atoms with Gasteiger partial charge in [-0.3, -0.25) is 0 Å². The van der Waals surface area contributed by atoms with Crippen molar-refractivity contribution in [2.45, 2.75) is 44.2 Å². The Labute approximate surface area is 101 Å². The molecule has 1 fully saturated rings. The molecule has 1 aromatic heterocycles. The van der Waals surface area contributed by atoms with Crippen LogP contribution in [0.1, 0.15) is 35.7 Å². The van der Waals surface area contributed by atoms with Crippen molar-refractivity contribution in [3.8, 4) is 0 Å². The van der Waals surface area contributed by atoms with E-state index in [2.05, 4.69) is 4.98 Å². The van der Waals surface area contributed by atoms with Crippen LogP contribution >= 0.6 is 11.3 Å². The molecule has 1 saturated heterocycles. The minimum atomic E-state index is -4.40. The molecular formula is C10H13F3N2OS. The average Bonchev–Trinajstić information content (AvgIpc) is 2.83. The Morgan fingerprint density at radius 3 is 2.71 bits per heavy atom. The van der Waals surface area contributed by atoms with Gasteiger partial charge < -0.3 is 10.5 Å². The maximum absolute atomic E-state index is 12.4. The van der Waals surface area contributed by atoms with Gasteiger partial charge in [0, 0.05) is 11.1 Å². The molecule has 3 nitrogen and oxygen atoms in total. The van der Waals surface area contributed by atoms with Gasteiger partial charge in [-0.2, -0.15) is 13.2 Å². The Bertz CT molecular complexity index is 393. The lowest BCUT2D eigenvalue weighted by atomic mass is 10.1. The summed E-state index contributed by atoms with van der Waals surface area (Å²) in [5.41, 5.74) is 5.90. The summed E-state index contributed by atoms with van der Waals surface area (Å²) >= 11 is 0.595. The van der Waals surface area contributed by atoms with E-state index in [0.717, 1.165) is 12.8 Å². The first-order valence-electron chi connectivity index (χ1n) is 5.32. The first-order valence-corrected chi connectivity index (χ1v) is 6.13. The second kappa shape index (κ2) is 4.55. The number of thiazole rings is 1. The van der Waals surface area contributed by atoms with Crippen LogP contribution in [0.15, 0.2) is 6.20 Å². The highest BCUT2D eigenvalue weighted by Crippen LogP contribution is 2.36. The van der Waals surface area contributed by atoms with E-state index in [1.54, 1.807) is 0 Å². The molecular weight excluding hydrogens is 253 g/mol. The molecule has 0 radical (unpaired) electrons. The third-order valence-corrected chi connectivity index (χ3v) is 3.90. The van der Waals surface area contributed by atoms with Crippen molar-refractivity contribution in [1.29, 1.82) is 0 Å². The number of ether oxygens (including phenoxy) is 1. The van der Waals surface area contributed by atoms with Crippen molar-refractivity contribution in [3.63, 3.8) is 0 Å². The number of nitrogens with zero attached hydrogens (tertiary/aromatic N) is 1. The Hall–Kier alpha value is -0.660. The van der Waals surface area contributed by atoms with Crippen LogP contribution in [0.5, 0.6) is 0 Å². The zero-order valence-electron chi connectivity index (χ0n) is 9.20. The zero-order chi connectivity index (χ0) is 12.6. The number of nitrogens with two attached hydrogens (primary N) is 1. The van der Waals surface area contributed by atoms with Crippen LogP contribution in [0.3, 0.4) is 0 Å². The highest BCUT2D eigenvalue weighted by molar-refractivity contribution is 7.11. The second-order valence-corrected chi connectivity index (χ2v) is 5.22. The number of aromatic nitrogens is 1. The first kappa shape index (κ1) is 12.8. The lowest BCUT2D eigenvalue weighted by Crippen LogP contribution is -2.25. The Balaban J connectivity index is 2.09. The minimum Gasteiger partial charge on any atom is -0.373 e. The molecule has 1 aliphatic heterocycles. The lowest BCUT2D eigenvalue weighted by molar-refractivity contribution is -0.137. The van der Waals surface area contributed by atoms with Gasteiger partial charge in [0.1, 0.15) is 0 Å². The maximum Gasteiger partial charge on any atom is 0.443 e. The van der Waals surface area contributed by atoms with Crippen molar-refractivity contribution in [2.75, 3.05) is 0 Å². The van der Waals surface area contributed by atoms with Crippen LogP contribution in [0.25, 0.3) is 0 Å². The number of rotatable bonds is 2. The van der Waals surface area contributed by atoms with Gasteiger partial charge in [0.05, 0.1) is 18.2 Å². The summed E-state index contributed by atoms with van der Waals surface area (Å²) in [7, 11) is 0. The number of halogens is 3. The van der Waals surface area contributed by atoms with E-state index in [9.17, 15) is 13.2 Å². The molecule has 3 unspecified atom stereocenters. The number of hydrogen-bond acceptors (Lipinski definition) is 4. The van der Waals surface area contributed by atoms with Crippen molar-refractivity contribution in [3.05, 3.63) is 16.1 Å². The van der Waals surface area contributed by atoms with Gasteiger partial charge in [0.2, 0.25) is 0 Å². The van der Waals surface area contributed by atoms with Gasteiger partial charge in [0.25, 0.3) is 0 Å². The van der Waals surface area contributed by atoms with Gasteiger partial charge >= 0.3 is 6.18 Å². The van der Waals surface area contributed by atoms with Crippen molar-refractivity contribution >= 4 is 11.3 Å². The fourth-order valence-electron chi connectivity index (χ4n) is 1.85. The molecule has 7 heteroatoms. The molecule has 2 rings (SSSR count). The maximum atomic E-state index is 12.4. The fraction of sp³-hybridized carbons (Fsp3) is 0.700. The highest BCUT2D eigenvalue weighted by atomic mass is 32.1. The third-order valence-electron chi connectivity index (χ3n) is 2.76. The van der Waals surface area contributed by atoms with Gasteiger partial charge in [-0.25, -0.2) is 4.98 Å². The standard InChI is InChI=1S/C10H13F3N2OS/c1-5-2-3-6(16-5)8(14)7-4-15-9(17-7)10(11,12)13/h4-6,8H,2-3,14H2,1H3. The third kappa shape index (κ3) is 2.78. The van der Waals surface area contributed by atoms with E-state index in [0.29, 0.717) is 16.2 Å². The van der Waals surface area contributed by atoms with E-state index >= 15 is 0 Å². The average molecular weight is 266 g/mol. The molecule has 0 aliphatic carbocycles. The second-order valence-electron chi connectivity index (χ2n) is 4.15. The predicted octanol–water partition coefficient (Wildman–Crippen LogP) is 2.73. The molecule has 1 aromatic rings. The van der Waals surface area contributed by atoms with E-state index in [4.69, 9.17) is 10.5 Å². The molecule has 0 spiro atoms. The van der Waals surface area contributed by atoms with Crippen LogP contribution in [0.2, 0.25) is 0 Å².